The van der Waals surface area contributed by atoms with E-state index in [2.05, 4.69) is 15.2 Å². The van der Waals surface area contributed by atoms with Crippen LogP contribution in [-0.4, -0.2) is 43.6 Å². The lowest BCUT2D eigenvalue weighted by molar-refractivity contribution is -0.892. The zero-order valence-electron chi connectivity index (χ0n) is 14.7. The van der Waals surface area contributed by atoms with E-state index in [0.717, 1.165) is 37.6 Å². The number of non-ortho nitro benzene ring substituents is 1. The molecule has 0 radical (unpaired) electrons. The van der Waals surface area contributed by atoms with Crippen molar-refractivity contribution in [2.24, 2.45) is 0 Å². The highest BCUT2D eigenvalue weighted by molar-refractivity contribution is 5.92. The molecule has 8 heteroatoms. The molecule has 1 aliphatic heterocycles. The van der Waals surface area contributed by atoms with Crippen LogP contribution in [0.2, 0.25) is 0 Å². The molecular formula is C18H23N5O3+2. The molecular weight excluding hydrogens is 334 g/mol. The molecule has 26 heavy (non-hydrogen) atoms. The normalized spacial score (nSPS) is 14.9. The number of hydrogen-bond donors (Lipinski definition) is 2. The number of aromatic amines is 1. The van der Waals surface area contributed by atoms with Crippen molar-refractivity contribution in [3.8, 4) is 0 Å². The van der Waals surface area contributed by atoms with E-state index in [0.29, 0.717) is 12.2 Å². The van der Waals surface area contributed by atoms with E-state index in [1.807, 2.05) is 31.3 Å². The Morgan fingerprint density at radius 1 is 1.31 bits per heavy atom. The highest BCUT2D eigenvalue weighted by atomic mass is 16.6. The summed E-state index contributed by atoms with van der Waals surface area (Å²) in [7, 11) is 0. The maximum Gasteiger partial charge on any atom is 0.279 e. The first-order chi connectivity index (χ1) is 12.5. The van der Waals surface area contributed by atoms with Gasteiger partial charge in [0.05, 0.1) is 16.8 Å². The van der Waals surface area contributed by atoms with Crippen LogP contribution in [0.3, 0.4) is 0 Å². The molecule has 1 aromatic carbocycles. The largest absolute Gasteiger partial charge is 0.321 e. The molecule has 1 saturated heterocycles. The summed E-state index contributed by atoms with van der Waals surface area (Å²) in [6.45, 7) is 5.65. The van der Waals surface area contributed by atoms with Crippen molar-refractivity contribution in [1.29, 1.82) is 0 Å². The van der Waals surface area contributed by atoms with Gasteiger partial charge in [0.15, 0.2) is 6.54 Å². The standard InChI is InChI=1S/C18H21N5O3/c1-14-5-6-15(23(25)26)12-16(14)20-18(24)13-21-8-10-22(11-9-21)17-4-2-3-7-19-17/h2-7,12H,8-11,13H2,1H3,(H,20,24)/p+2. The average Bonchev–Trinajstić information content (AvgIpc) is 2.64. The number of H-pyrrole nitrogens is 1. The van der Waals surface area contributed by atoms with Gasteiger partial charge >= 0.3 is 0 Å². The summed E-state index contributed by atoms with van der Waals surface area (Å²) in [6.07, 6.45) is 1.91. The van der Waals surface area contributed by atoms with Crippen LogP contribution in [0.25, 0.3) is 0 Å². The van der Waals surface area contributed by atoms with Crippen LogP contribution in [0.5, 0.6) is 0 Å². The van der Waals surface area contributed by atoms with Gasteiger partial charge in [0.1, 0.15) is 26.2 Å². The van der Waals surface area contributed by atoms with E-state index in [4.69, 9.17) is 0 Å². The van der Waals surface area contributed by atoms with Crippen molar-refractivity contribution >= 4 is 23.1 Å². The zero-order valence-corrected chi connectivity index (χ0v) is 14.7. The Morgan fingerprint density at radius 2 is 2.08 bits per heavy atom. The third kappa shape index (κ3) is 4.34. The number of aryl methyl sites for hydroxylation is 1. The third-order valence-electron chi connectivity index (χ3n) is 4.62. The van der Waals surface area contributed by atoms with Gasteiger partial charge in [0.2, 0.25) is 0 Å². The van der Waals surface area contributed by atoms with Gasteiger partial charge in [-0.1, -0.05) is 12.1 Å². The van der Waals surface area contributed by atoms with Gasteiger partial charge in [-0.2, -0.15) is 0 Å². The minimum absolute atomic E-state index is 0.0222. The molecule has 8 nitrogen and oxygen atoms in total. The van der Waals surface area contributed by atoms with E-state index in [9.17, 15) is 14.9 Å². The summed E-state index contributed by atoms with van der Waals surface area (Å²) in [5.41, 5.74) is 1.29. The lowest BCUT2D eigenvalue weighted by Gasteiger charge is -2.27. The quantitative estimate of drug-likeness (QED) is 0.584. The summed E-state index contributed by atoms with van der Waals surface area (Å²) >= 11 is 0. The zero-order chi connectivity index (χ0) is 18.5. The molecule has 0 spiro atoms. The summed E-state index contributed by atoms with van der Waals surface area (Å²) in [4.78, 5) is 29.5. The highest BCUT2D eigenvalue weighted by Gasteiger charge is 2.27. The summed E-state index contributed by atoms with van der Waals surface area (Å²) in [5.74, 6) is 0.964. The second-order valence-electron chi connectivity index (χ2n) is 6.47. The van der Waals surface area contributed by atoms with Crippen LogP contribution in [0, 0.1) is 17.0 Å². The van der Waals surface area contributed by atoms with E-state index in [1.165, 1.54) is 17.0 Å². The second-order valence-corrected chi connectivity index (χ2v) is 6.47. The predicted molar refractivity (Wildman–Crippen MR) is 97.2 cm³/mol. The molecule has 0 bridgehead atoms. The van der Waals surface area contributed by atoms with Gasteiger partial charge in [0, 0.05) is 18.2 Å². The highest BCUT2D eigenvalue weighted by Crippen LogP contribution is 2.21. The number of aromatic nitrogens is 1. The number of nitrogens with one attached hydrogen (secondary N) is 3. The topological polar surface area (TPSA) is 94.1 Å². The second kappa shape index (κ2) is 7.92. The van der Waals surface area contributed by atoms with Crippen LogP contribution in [0.4, 0.5) is 17.2 Å². The van der Waals surface area contributed by atoms with Crippen molar-refractivity contribution < 1.29 is 19.6 Å². The first kappa shape index (κ1) is 17.8. The van der Waals surface area contributed by atoms with Gasteiger partial charge in [-0.25, -0.2) is 4.98 Å². The average molecular weight is 357 g/mol. The van der Waals surface area contributed by atoms with Gasteiger partial charge in [-0.15, -0.1) is 0 Å². The molecule has 0 saturated carbocycles. The lowest BCUT2D eigenvalue weighted by Crippen LogP contribution is -3.15. The minimum atomic E-state index is -0.458. The van der Waals surface area contributed by atoms with Crippen molar-refractivity contribution in [2.75, 3.05) is 42.9 Å². The number of quaternary nitrogens is 1. The molecule has 1 amide bonds. The summed E-state index contributed by atoms with van der Waals surface area (Å²) < 4.78 is 0. The van der Waals surface area contributed by atoms with Gasteiger partial charge in [-0.3, -0.25) is 19.8 Å². The Morgan fingerprint density at radius 3 is 2.73 bits per heavy atom. The number of hydrogen-bond acceptors (Lipinski definition) is 4. The maximum absolute atomic E-state index is 12.3. The number of carbonyl (C=O) groups excluding carboxylic acids is 1. The number of nitro groups is 1. The van der Waals surface area contributed by atoms with Crippen molar-refractivity contribution in [2.45, 2.75) is 6.92 Å². The summed E-state index contributed by atoms with van der Waals surface area (Å²) in [5, 5.41) is 13.7. The van der Waals surface area contributed by atoms with E-state index in [1.54, 1.807) is 6.07 Å². The maximum atomic E-state index is 12.3. The molecule has 136 valence electrons. The first-order valence-corrected chi connectivity index (χ1v) is 8.63. The van der Waals surface area contributed by atoms with Crippen LogP contribution < -0.4 is 20.1 Å². The van der Waals surface area contributed by atoms with E-state index >= 15 is 0 Å². The fourth-order valence-corrected chi connectivity index (χ4v) is 3.10. The fraction of sp³-hybridized carbons (Fsp3) is 0.333. The van der Waals surface area contributed by atoms with Crippen molar-refractivity contribution in [3.05, 3.63) is 58.3 Å². The molecule has 3 rings (SSSR count). The van der Waals surface area contributed by atoms with E-state index in [-0.39, 0.29) is 11.6 Å². The number of nitro benzene ring substituents is 1. The number of amides is 1. The Bertz CT molecular complexity index is 789. The Balaban J connectivity index is 1.53. The fourth-order valence-electron chi connectivity index (χ4n) is 3.10. The molecule has 0 aliphatic carbocycles. The molecule has 2 aromatic rings. The Labute approximate surface area is 151 Å². The van der Waals surface area contributed by atoms with Gasteiger partial charge in [0.25, 0.3) is 17.4 Å². The van der Waals surface area contributed by atoms with Crippen molar-refractivity contribution in [3.63, 3.8) is 0 Å². The van der Waals surface area contributed by atoms with Crippen molar-refractivity contribution in [1.82, 2.24) is 0 Å². The first-order valence-electron chi connectivity index (χ1n) is 8.63. The lowest BCUT2D eigenvalue weighted by atomic mass is 10.2. The predicted octanol–water partition coefficient (Wildman–Crippen LogP) is 0.0609. The van der Waals surface area contributed by atoms with Crippen LogP contribution in [0.15, 0.2) is 42.6 Å². The molecule has 1 aliphatic rings. The van der Waals surface area contributed by atoms with Crippen LogP contribution >= 0.6 is 0 Å². The minimum Gasteiger partial charge on any atom is -0.321 e. The number of nitrogens with zero attached hydrogens (tertiary/aromatic N) is 2. The number of benzene rings is 1. The molecule has 2 heterocycles. The number of piperazine rings is 1. The smallest absolute Gasteiger partial charge is 0.279 e. The number of anilines is 2. The number of pyridine rings is 1. The molecule has 3 N–H and O–H groups in total. The molecule has 0 atom stereocenters. The molecule has 0 unspecified atom stereocenters. The van der Waals surface area contributed by atoms with Crippen LogP contribution in [0.1, 0.15) is 5.56 Å². The SMILES string of the molecule is Cc1ccc([N+](=O)[O-])cc1NC(=O)C[NH+]1CCN(c2cccc[nH+]2)CC1. The monoisotopic (exact) mass is 357 g/mol. The van der Waals surface area contributed by atoms with E-state index < -0.39 is 4.92 Å². The Kier molecular flexibility index (Phi) is 5.43. The molecule has 1 fully saturated rings. The molecule has 1 aromatic heterocycles. The number of rotatable bonds is 5. The number of carbonyl (C=O) groups is 1. The van der Waals surface area contributed by atoms with Gasteiger partial charge in [-0.05, 0) is 18.6 Å². The summed E-state index contributed by atoms with van der Waals surface area (Å²) in [6, 6.07) is 10.5. The van der Waals surface area contributed by atoms with Crippen LogP contribution in [-0.2, 0) is 4.79 Å². The van der Waals surface area contributed by atoms with Gasteiger partial charge < -0.3 is 10.2 Å². The Hall–Kier alpha value is -3.00. The third-order valence-corrected chi connectivity index (χ3v) is 4.62.